The van der Waals surface area contributed by atoms with Crippen molar-refractivity contribution in [3.05, 3.63) is 29.8 Å². The fourth-order valence-corrected chi connectivity index (χ4v) is 4.53. The van der Waals surface area contributed by atoms with E-state index in [2.05, 4.69) is 15.0 Å². The van der Waals surface area contributed by atoms with Gasteiger partial charge in [-0.15, -0.1) is 0 Å². The summed E-state index contributed by atoms with van der Waals surface area (Å²) in [5.74, 6) is 0.993. The number of pyridine rings is 1. The fraction of sp³-hybridized carbons (Fsp3) is 0.429. The molecule has 7 nitrogen and oxygen atoms in total. The molecule has 0 aliphatic carbocycles. The van der Waals surface area contributed by atoms with Gasteiger partial charge in [0.25, 0.3) is 10.0 Å². The minimum Gasteiger partial charge on any atom is -0.360 e. The van der Waals surface area contributed by atoms with Gasteiger partial charge in [-0.05, 0) is 32.9 Å². The van der Waals surface area contributed by atoms with E-state index in [1.807, 2.05) is 6.92 Å². The zero-order valence-electron chi connectivity index (χ0n) is 12.8. The minimum absolute atomic E-state index is 0.146. The lowest BCUT2D eigenvalue weighted by Crippen LogP contribution is -2.44. The van der Waals surface area contributed by atoms with Gasteiger partial charge in [-0.25, -0.2) is 13.4 Å². The second-order valence-corrected chi connectivity index (χ2v) is 6.96. The predicted octanol–water partition coefficient (Wildman–Crippen LogP) is 1.72. The molecular weight excluding hydrogens is 304 g/mol. The topological polar surface area (TPSA) is 79.5 Å². The molecule has 0 aromatic carbocycles. The van der Waals surface area contributed by atoms with Crippen molar-refractivity contribution in [2.45, 2.75) is 25.7 Å². The average Bonchev–Trinajstić information content (AvgIpc) is 2.85. The van der Waals surface area contributed by atoms with Gasteiger partial charge in [-0.2, -0.15) is 0 Å². The number of sulfonamides is 1. The molecule has 0 bridgehead atoms. The molecule has 0 amide bonds. The van der Waals surface area contributed by atoms with Gasteiger partial charge in [0, 0.05) is 19.3 Å². The lowest BCUT2D eigenvalue weighted by molar-refractivity contribution is 0.390. The molecule has 1 aliphatic heterocycles. The molecular formula is C14H18N4O3S. The first-order valence-electron chi connectivity index (χ1n) is 7.12. The smallest absolute Gasteiger partial charge is 0.269 e. The van der Waals surface area contributed by atoms with Gasteiger partial charge in [0.05, 0.1) is 12.2 Å². The van der Waals surface area contributed by atoms with E-state index >= 15 is 0 Å². The molecule has 0 unspecified atom stereocenters. The van der Waals surface area contributed by atoms with Crippen molar-refractivity contribution < 1.29 is 12.9 Å². The molecule has 118 valence electrons. The van der Waals surface area contributed by atoms with E-state index in [0.29, 0.717) is 36.0 Å². The summed E-state index contributed by atoms with van der Waals surface area (Å²) < 4.78 is 32.5. The second-order valence-electron chi connectivity index (χ2n) is 5.16. The quantitative estimate of drug-likeness (QED) is 0.856. The van der Waals surface area contributed by atoms with Gasteiger partial charge in [0.1, 0.15) is 5.69 Å². The normalized spacial score (nSPS) is 15.0. The molecule has 8 heteroatoms. The van der Waals surface area contributed by atoms with Crippen LogP contribution in [-0.4, -0.2) is 38.2 Å². The van der Waals surface area contributed by atoms with E-state index < -0.39 is 10.0 Å². The highest BCUT2D eigenvalue weighted by atomic mass is 32.2. The molecule has 22 heavy (non-hydrogen) atoms. The van der Waals surface area contributed by atoms with Crippen LogP contribution >= 0.6 is 0 Å². The van der Waals surface area contributed by atoms with Crippen molar-refractivity contribution in [3.63, 3.8) is 0 Å². The second kappa shape index (κ2) is 5.28. The third-order valence-electron chi connectivity index (χ3n) is 3.80. The third kappa shape index (κ3) is 2.14. The Hall–Kier alpha value is -2.09. The highest BCUT2D eigenvalue weighted by Crippen LogP contribution is 2.35. The van der Waals surface area contributed by atoms with Crippen molar-refractivity contribution in [3.8, 4) is 0 Å². The van der Waals surface area contributed by atoms with Crippen LogP contribution in [0.2, 0.25) is 0 Å². The molecule has 0 atom stereocenters. The summed E-state index contributed by atoms with van der Waals surface area (Å²) in [7, 11) is -3.71. The van der Waals surface area contributed by atoms with Gasteiger partial charge in [-0.1, -0.05) is 5.16 Å². The summed E-state index contributed by atoms with van der Waals surface area (Å²) in [4.78, 5) is 6.55. The van der Waals surface area contributed by atoms with Gasteiger partial charge >= 0.3 is 0 Å². The number of rotatable bonds is 3. The Bertz CT molecular complexity index is 781. The van der Waals surface area contributed by atoms with E-state index in [0.717, 1.165) is 6.54 Å². The number of hydrogen-bond acceptors (Lipinski definition) is 6. The Labute approximate surface area is 129 Å². The summed E-state index contributed by atoms with van der Waals surface area (Å²) in [6.45, 7) is 7.03. The molecule has 2 aromatic rings. The van der Waals surface area contributed by atoms with Gasteiger partial charge < -0.3 is 9.42 Å². The summed E-state index contributed by atoms with van der Waals surface area (Å²) in [6, 6.07) is 3.52. The van der Waals surface area contributed by atoms with Crippen LogP contribution in [0.1, 0.15) is 18.4 Å². The van der Waals surface area contributed by atoms with Crippen LogP contribution in [0.5, 0.6) is 0 Å². The van der Waals surface area contributed by atoms with Crippen molar-refractivity contribution in [1.29, 1.82) is 0 Å². The van der Waals surface area contributed by atoms with Crippen LogP contribution in [0.3, 0.4) is 0 Å². The molecule has 1 aliphatic rings. The first-order valence-corrected chi connectivity index (χ1v) is 8.56. The number of hydrogen-bond donors (Lipinski definition) is 0. The minimum atomic E-state index is -3.71. The van der Waals surface area contributed by atoms with Gasteiger partial charge in [-0.3, -0.25) is 4.31 Å². The number of fused-ring (bicyclic) bond motifs is 1. The first kappa shape index (κ1) is 14.8. The van der Waals surface area contributed by atoms with Gasteiger partial charge in [0.15, 0.2) is 16.5 Å². The highest BCUT2D eigenvalue weighted by Gasteiger charge is 2.35. The number of nitrogens with zero attached hydrogens (tertiary/aromatic N) is 4. The number of likely N-dealkylation sites (N-methyl/N-ethyl adjacent to an activating group) is 1. The van der Waals surface area contributed by atoms with E-state index in [1.54, 1.807) is 32.2 Å². The van der Waals surface area contributed by atoms with Crippen LogP contribution in [-0.2, 0) is 10.0 Å². The Kier molecular flexibility index (Phi) is 3.56. The molecule has 0 saturated carbocycles. The number of aromatic nitrogens is 2. The van der Waals surface area contributed by atoms with Crippen molar-refractivity contribution >= 4 is 21.5 Å². The van der Waals surface area contributed by atoms with Crippen LogP contribution in [0.15, 0.2) is 27.7 Å². The maximum atomic E-state index is 13.0. The molecule has 2 aromatic heterocycles. The summed E-state index contributed by atoms with van der Waals surface area (Å²) in [5, 5.41) is 3.76. The zero-order valence-corrected chi connectivity index (χ0v) is 13.6. The van der Waals surface area contributed by atoms with E-state index in [-0.39, 0.29) is 4.90 Å². The zero-order chi connectivity index (χ0) is 15.9. The average molecular weight is 322 g/mol. The van der Waals surface area contributed by atoms with Crippen molar-refractivity contribution in [2.24, 2.45) is 0 Å². The third-order valence-corrected chi connectivity index (χ3v) is 5.86. The van der Waals surface area contributed by atoms with Crippen molar-refractivity contribution in [2.75, 3.05) is 28.8 Å². The molecule has 0 spiro atoms. The van der Waals surface area contributed by atoms with E-state index in [1.165, 1.54) is 4.31 Å². The van der Waals surface area contributed by atoms with Crippen molar-refractivity contribution in [1.82, 2.24) is 10.1 Å². The van der Waals surface area contributed by atoms with Crippen LogP contribution in [0.4, 0.5) is 11.5 Å². The SMILES string of the molecule is CCN1CCN(S(=O)(=O)c2c(C)noc2C)c2cccnc21. The molecule has 0 saturated heterocycles. The monoisotopic (exact) mass is 322 g/mol. The predicted molar refractivity (Wildman–Crippen MR) is 82.6 cm³/mol. The Morgan fingerprint density at radius 1 is 1.32 bits per heavy atom. The maximum absolute atomic E-state index is 13.0. The number of aryl methyl sites for hydroxylation is 2. The number of anilines is 2. The standard InChI is InChI=1S/C14H18N4O3S/c1-4-17-8-9-18(12-6-5-7-15-14(12)17)22(19,20)13-10(2)16-21-11(13)3/h5-7H,4,8-9H2,1-3H3. The Balaban J connectivity index is 2.13. The molecule has 0 N–H and O–H groups in total. The van der Waals surface area contributed by atoms with E-state index in [9.17, 15) is 8.42 Å². The van der Waals surface area contributed by atoms with Crippen LogP contribution in [0.25, 0.3) is 0 Å². The molecule has 0 radical (unpaired) electrons. The summed E-state index contributed by atoms with van der Waals surface area (Å²) >= 11 is 0. The van der Waals surface area contributed by atoms with Gasteiger partial charge in [0.2, 0.25) is 0 Å². The lowest BCUT2D eigenvalue weighted by atomic mass is 10.3. The Morgan fingerprint density at radius 2 is 2.09 bits per heavy atom. The lowest BCUT2D eigenvalue weighted by Gasteiger charge is -2.36. The molecule has 3 heterocycles. The molecule has 3 rings (SSSR count). The van der Waals surface area contributed by atoms with Crippen LogP contribution < -0.4 is 9.21 Å². The highest BCUT2D eigenvalue weighted by molar-refractivity contribution is 7.93. The first-order chi connectivity index (χ1) is 10.5. The summed E-state index contributed by atoms with van der Waals surface area (Å²) in [6.07, 6.45) is 1.67. The summed E-state index contributed by atoms with van der Waals surface area (Å²) in [5.41, 5.74) is 0.969. The maximum Gasteiger partial charge on any atom is 0.269 e. The van der Waals surface area contributed by atoms with Crippen LogP contribution in [0, 0.1) is 13.8 Å². The fourth-order valence-electron chi connectivity index (χ4n) is 2.78. The Morgan fingerprint density at radius 3 is 2.73 bits per heavy atom. The largest absolute Gasteiger partial charge is 0.360 e. The molecule has 0 fully saturated rings. The van der Waals surface area contributed by atoms with E-state index in [4.69, 9.17) is 4.52 Å².